The molecule has 0 saturated heterocycles. The van der Waals surface area contributed by atoms with E-state index in [-0.39, 0.29) is 0 Å². The molecule has 19 heavy (non-hydrogen) atoms. The number of aromatic nitrogens is 1. The maximum absolute atomic E-state index is 4.64. The summed E-state index contributed by atoms with van der Waals surface area (Å²) in [6.45, 7) is 2.28. The van der Waals surface area contributed by atoms with E-state index in [1.54, 1.807) is 11.1 Å². The number of nitrogens with zero attached hydrogens (tertiary/aromatic N) is 1. The largest absolute Gasteiger partial charge is 0.261 e. The molecule has 0 aliphatic heterocycles. The Hall–Kier alpha value is -0.850. The highest BCUT2D eigenvalue weighted by atomic mass is 14.7. The Balaban J connectivity index is 1.71. The average molecular weight is 259 g/mol. The molecule has 0 radical (unpaired) electrons. The smallest absolute Gasteiger partial charge is 0.0438 e. The molecule has 1 nitrogen and oxygen atoms in total. The van der Waals surface area contributed by atoms with E-state index in [1.807, 2.05) is 6.20 Å². The van der Waals surface area contributed by atoms with Crippen molar-refractivity contribution in [2.24, 2.45) is 0 Å². The quantitative estimate of drug-likeness (QED) is 0.581. The van der Waals surface area contributed by atoms with E-state index in [1.165, 1.54) is 82.7 Å². The third kappa shape index (κ3) is 4.63. The standard InChI is InChI=1S/C18H29N/c1-2-3-4-5-6-7-8-13-18-17-12-10-9-11-16(17)14-15-19-18/h14-15H,2-13H2,1H3. The summed E-state index contributed by atoms with van der Waals surface area (Å²) in [6, 6.07) is 2.24. The first-order valence-corrected chi connectivity index (χ1v) is 8.37. The van der Waals surface area contributed by atoms with Crippen molar-refractivity contribution >= 4 is 0 Å². The third-order valence-corrected chi connectivity index (χ3v) is 4.38. The molecule has 0 spiro atoms. The van der Waals surface area contributed by atoms with Gasteiger partial charge in [0.05, 0.1) is 0 Å². The first kappa shape index (κ1) is 14.6. The van der Waals surface area contributed by atoms with Crippen LogP contribution in [0.5, 0.6) is 0 Å². The second-order valence-corrected chi connectivity index (χ2v) is 5.97. The summed E-state index contributed by atoms with van der Waals surface area (Å²) in [6.07, 6.45) is 18.3. The van der Waals surface area contributed by atoms with Crippen molar-refractivity contribution < 1.29 is 0 Å². The normalized spacial score (nSPS) is 14.4. The number of fused-ring (bicyclic) bond motifs is 1. The van der Waals surface area contributed by atoms with E-state index < -0.39 is 0 Å². The first-order valence-electron chi connectivity index (χ1n) is 8.37. The molecule has 0 N–H and O–H groups in total. The number of hydrogen-bond acceptors (Lipinski definition) is 1. The highest BCUT2D eigenvalue weighted by molar-refractivity contribution is 5.32. The van der Waals surface area contributed by atoms with Gasteiger partial charge in [0.2, 0.25) is 0 Å². The number of rotatable bonds is 8. The Morgan fingerprint density at radius 1 is 0.947 bits per heavy atom. The minimum Gasteiger partial charge on any atom is -0.261 e. The molecule has 0 unspecified atom stereocenters. The van der Waals surface area contributed by atoms with Crippen LogP contribution in [0.15, 0.2) is 12.3 Å². The van der Waals surface area contributed by atoms with Crippen LogP contribution >= 0.6 is 0 Å². The third-order valence-electron chi connectivity index (χ3n) is 4.38. The Morgan fingerprint density at radius 2 is 1.68 bits per heavy atom. The van der Waals surface area contributed by atoms with Gasteiger partial charge in [-0.15, -0.1) is 0 Å². The molecule has 1 heteroatoms. The van der Waals surface area contributed by atoms with E-state index in [9.17, 15) is 0 Å². The van der Waals surface area contributed by atoms with Gasteiger partial charge in [-0.2, -0.15) is 0 Å². The van der Waals surface area contributed by atoms with E-state index in [2.05, 4.69) is 18.0 Å². The van der Waals surface area contributed by atoms with Gasteiger partial charge >= 0.3 is 0 Å². The van der Waals surface area contributed by atoms with E-state index >= 15 is 0 Å². The second-order valence-electron chi connectivity index (χ2n) is 5.97. The Kier molecular flexibility index (Phi) is 6.39. The molecule has 1 aliphatic rings. The highest BCUT2D eigenvalue weighted by Gasteiger charge is 2.13. The van der Waals surface area contributed by atoms with Crippen LogP contribution < -0.4 is 0 Å². The minimum atomic E-state index is 1.21. The van der Waals surface area contributed by atoms with Crippen LogP contribution in [0.3, 0.4) is 0 Å². The monoisotopic (exact) mass is 259 g/mol. The summed E-state index contributed by atoms with van der Waals surface area (Å²) < 4.78 is 0. The lowest BCUT2D eigenvalue weighted by Crippen LogP contribution is -2.08. The van der Waals surface area contributed by atoms with Crippen LogP contribution in [0.4, 0.5) is 0 Å². The zero-order valence-electron chi connectivity index (χ0n) is 12.6. The molecule has 1 aliphatic carbocycles. The summed E-state index contributed by atoms with van der Waals surface area (Å²) in [5, 5.41) is 0. The van der Waals surface area contributed by atoms with Gasteiger partial charge in [0.15, 0.2) is 0 Å². The lowest BCUT2D eigenvalue weighted by molar-refractivity contribution is 0.583. The zero-order valence-corrected chi connectivity index (χ0v) is 12.6. The topological polar surface area (TPSA) is 12.9 Å². The van der Waals surface area contributed by atoms with Crippen LogP contribution in [-0.4, -0.2) is 4.98 Å². The Bertz CT molecular complexity index is 370. The molecular formula is C18H29N. The van der Waals surface area contributed by atoms with Crippen LogP contribution in [-0.2, 0) is 19.3 Å². The summed E-state index contributed by atoms with van der Waals surface area (Å²) in [5.41, 5.74) is 4.59. The molecular weight excluding hydrogens is 230 g/mol. The molecule has 1 aromatic heterocycles. The van der Waals surface area contributed by atoms with Crippen molar-refractivity contribution in [2.45, 2.75) is 84.0 Å². The summed E-state index contributed by atoms with van der Waals surface area (Å²) in [7, 11) is 0. The molecule has 0 amide bonds. The molecule has 0 saturated carbocycles. The van der Waals surface area contributed by atoms with Crippen molar-refractivity contribution in [3.63, 3.8) is 0 Å². The lowest BCUT2D eigenvalue weighted by Gasteiger charge is -2.18. The van der Waals surface area contributed by atoms with Crippen LogP contribution in [0.2, 0.25) is 0 Å². The summed E-state index contributed by atoms with van der Waals surface area (Å²) >= 11 is 0. The Morgan fingerprint density at radius 3 is 2.53 bits per heavy atom. The number of hydrogen-bond donors (Lipinski definition) is 0. The predicted molar refractivity (Wildman–Crippen MR) is 82.6 cm³/mol. The molecule has 0 fully saturated rings. The van der Waals surface area contributed by atoms with Crippen molar-refractivity contribution in [2.75, 3.05) is 0 Å². The zero-order chi connectivity index (χ0) is 13.3. The molecule has 0 bridgehead atoms. The average Bonchev–Trinajstić information content (AvgIpc) is 2.46. The van der Waals surface area contributed by atoms with Gasteiger partial charge in [-0.25, -0.2) is 0 Å². The molecule has 1 heterocycles. The minimum absolute atomic E-state index is 1.21. The van der Waals surface area contributed by atoms with Gasteiger partial charge in [0, 0.05) is 11.9 Å². The van der Waals surface area contributed by atoms with Gasteiger partial charge < -0.3 is 0 Å². The molecule has 106 valence electrons. The van der Waals surface area contributed by atoms with Crippen LogP contribution in [0.1, 0.15) is 81.5 Å². The van der Waals surface area contributed by atoms with Crippen molar-refractivity contribution in [3.8, 4) is 0 Å². The summed E-state index contributed by atoms with van der Waals surface area (Å²) in [5.74, 6) is 0. The van der Waals surface area contributed by atoms with Gasteiger partial charge in [-0.05, 0) is 55.7 Å². The lowest BCUT2D eigenvalue weighted by atomic mass is 9.89. The fraction of sp³-hybridized carbons (Fsp3) is 0.722. The van der Waals surface area contributed by atoms with E-state index in [0.29, 0.717) is 0 Å². The maximum Gasteiger partial charge on any atom is 0.0438 e. The molecule has 1 aromatic rings. The Labute approximate surface area is 118 Å². The highest BCUT2D eigenvalue weighted by Crippen LogP contribution is 2.24. The van der Waals surface area contributed by atoms with E-state index in [0.717, 1.165) is 0 Å². The fourth-order valence-corrected chi connectivity index (χ4v) is 3.20. The number of aryl methyl sites for hydroxylation is 2. The van der Waals surface area contributed by atoms with Gasteiger partial charge in [0.1, 0.15) is 0 Å². The SMILES string of the molecule is CCCCCCCCCc1nccc2c1CCCC2. The van der Waals surface area contributed by atoms with Crippen molar-refractivity contribution in [1.29, 1.82) is 0 Å². The molecule has 0 atom stereocenters. The van der Waals surface area contributed by atoms with Gasteiger partial charge in [0.25, 0.3) is 0 Å². The van der Waals surface area contributed by atoms with Crippen molar-refractivity contribution in [3.05, 3.63) is 29.1 Å². The maximum atomic E-state index is 4.64. The second kappa shape index (κ2) is 8.35. The summed E-state index contributed by atoms with van der Waals surface area (Å²) in [4.78, 5) is 4.64. The fourth-order valence-electron chi connectivity index (χ4n) is 3.20. The van der Waals surface area contributed by atoms with Crippen LogP contribution in [0.25, 0.3) is 0 Å². The van der Waals surface area contributed by atoms with Gasteiger partial charge in [-0.1, -0.05) is 45.4 Å². The molecule has 2 rings (SSSR count). The number of pyridine rings is 1. The molecule has 0 aromatic carbocycles. The first-order chi connectivity index (χ1) is 9.42. The van der Waals surface area contributed by atoms with E-state index in [4.69, 9.17) is 0 Å². The number of unbranched alkanes of at least 4 members (excludes halogenated alkanes) is 6. The van der Waals surface area contributed by atoms with Crippen molar-refractivity contribution in [1.82, 2.24) is 4.98 Å². The van der Waals surface area contributed by atoms with Gasteiger partial charge in [-0.3, -0.25) is 4.98 Å². The van der Waals surface area contributed by atoms with Crippen LogP contribution in [0, 0.1) is 0 Å². The predicted octanol–water partition coefficient (Wildman–Crippen LogP) is 5.25.